The van der Waals surface area contributed by atoms with E-state index in [2.05, 4.69) is 55.6 Å². The summed E-state index contributed by atoms with van der Waals surface area (Å²) in [5, 5.41) is 120. The molecule has 17 atom stereocenters. The topological polar surface area (TPSA) is 307 Å². The highest BCUT2D eigenvalue weighted by atomic mass is 16.8. The van der Waals surface area contributed by atoms with Crippen LogP contribution in [0.5, 0.6) is 0 Å². The number of hydrogen-bond acceptors (Lipinski definition) is 18. The number of amides is 1. The van der Waals surface area contributed by atoms with Crippen LogP contribution in [-0.2, 0) is 33.2 Å². The molecule has 3 aliphatic rings. The predicted molar refractivity (Wildman–Crippen MR) is 300 cm³/mol. The van der Waals surface area contributed by atoms with Gasteiger partial charge in [0.1, 0.15) is 73.2 Å². The highest BCUT2D eigenvalue weighted by Crippen LogP contribution is 2.33. The molecule has 0 bridgehead atoms. The van der Waals surface area contributed by atoms with Crippen LogP contribution in [0.1, 0.15) is 194 Å². The Morgan fingerprint density at radius 2 is 0.848 bits per heavy atom. The van der Waals surface area contributed by atoms with Crippen LogP contribution in [0.25, 0.3) is 0 Å². The second kappa shape index (κ2) is 43.4. The van der Waals surface area contributed by atoms with Gasteiger partial charge in [-0.3, -0.25) is 4.79 Å². The molecule has 12 N–H and O–H groups in total. The lowest BCUT2D eigenvalue weighted by Crippen LogP contribution is -2.66. The third-order valence-electron chi connectivity index (χ3n) is 15.1. The number of ether oxygens (including phenoxy) is 6. The van der Waals surface area contributed by atoms with Crippen molar-refractivity contribution >= 4 is 5.91 Å². The average molecular weight is 1130 g/mol. The molecule has 3 aliphatic heterocycles. The number of aliphatic hydroxyl groups excluding tert-OH is 11. The molecule has 3 heterocycles. The third kappa shape index (κ3) is 27.3. The van der Waals surface area contributed by atoms with Crippen LogP contribution in [0.2, 0.25) is 0 Å². The predicted octanol–water partition coefficient (Wildman–Crippen LogP) is 5.48. The zero-order chi connectivity index (χ0) is 57.6. The number of aliphatic hydroxyl groups is 11. The first-order valence-electron chi connectivity index (χ1n) is 30.4. The van der Waals surface area contributed by atoms with E-state index in [4.69, 9.17) is 28.4 Å². The molecule has 19 nitrogen and oxygen atoms in total. The van der Waals surface area contributed by atoms with Gasteiger partial charge >= 0.3 is 0 Å². The van der Waals surface area contributed by atoms with Gasteiger partial charge in [-0.1, -0.05) is 172 Å². The summed E-state index contributed by atoms with van der Waals surface area (Å²) >= 11 is 0. The molecule has 0 spiro atoms. The highest BCUT2D eigenvalue weighted by Gasteiger charge is 2.53. The molecule has 0 radical (unpaired) electrons. The van der Waals surface area contributed by atoms with Gasteiger partial charge in [-0.15, -0.1) is 0 Å². The summed E-state index contributed by atoms with van der Waals surface area (Å²) in [4.78, 5) is 13.3. The van der Waals surface area contributed by atoms with Crippen molar-refractivity contribution in [1.29, 1.82) is 0 Å². The minimum atomic E-state index is -1.98. The SMILES string of the molecule is CCCCC/C=C\C/C=C\CCCCCCCC(=O)NC(COC1OC(CO)C(OC2OC(CO)C(OC3OC(CO)C(O)C(O)C3O)C(O)C2O)C(O)C1O)C(O)/C=C/CC/C=C/CCCCCCCCCCCCCCC. The maximum atomic E-state index is 13.3. The Hall–Kier alpha value is -2.25. The van der Waals surface area contributed by atoms with Gasteiger partial charge in [0.15, 0.2) is 18.9 Å². The Balaban J connectivity index is 1.52. The van der Waals surface area contributed by atoms with E-state index in [1.807, 2.05) is 6.08 Å². The van der Waals surface area contributed by atoms with Gasteiger partial charge in [-0.2, -0.15) is 0 Å². The number of unbranched alkanes of at least 4 members (excludes halogenated alkanes) is 22. The number of rotatable bonds is 44. The Kier molecular flexibility index (Phi) is 39.0. The molecule has 19 heteroatoms. The van der Waals surface area contributed by atoms with Crippen LogP contribution in [0, 0.1) is 0 Å². The summed E-state index contributed by atoms with van der Waals surface area (Å²) in [5.74, 6) is -0.301. The van der Waals surface area contributed by atoms with Crippen molar-refractivity contribution in [2.45, 2.75) is 298 Å². The first-order valence-corrected chi connectivity index (χ1v) is 30.4. The molecule has 17 unspecified atom stereocenters. The van der Waals surface area contributed by atoms with Crippen LogP contribution >= 0.6 is 0 Å². The lowest BCUT2D eigenvalue weighted by Gasteiger charge is -2.48. The van der Waals surface area contributed by atoms with E-state index in [1.165, 1.54) is 96.3 Å². The molecule has 0 aromatic rings. The summed E-state index contributed by atoms with van der Waals surface area (Å²) in [6.45, 7) is 1.66. The van der Waals surface area contributed by atoms with Gasteiger partial charge in [-0.25, -0.2) is 0 Å². The number of nitrogens with one attached hydrogen (secondary N) is 1. The molecular weight excluding hydrogens is 1020 g/mol. The molecule has 460 valence electrons. The van der Waals surface area contributed by atoms with Gasteiger partial charge in [0.05, 0.1) is 38.6 Å². The molecule has 3 saturated heterocycles. The molecule has 0 saturated carbocycles. The fraction of sp³-hybridized carbons (Fsp3) is 0.850. The van der Waals surface area contributed by atoms with E-state index in [1.54, 1.807) is 6.08 Å². The van der Waals surface area contributed by atoms with E-state index in [0.717, 1.165) is 64.2 Å². The van der Waals surface area contributed by atoms with Crippen molar-refractivity contribution in [3.8, 4) is 0 Å². The largest absolute Gasteiger partial charge is 0.394 e. The molecule has 0 aromatic heterocycles. The van der Waals surface area contributed by atoms with Gasteiger partial charge < -0.3 is 89.9 Å². The van der Waals surface area contributed by atoms with Crippen LogP contribution in [0.4, 0.5) is 0 Å². The smallest absolute Gasteiger partial charge is 0.220 e. The fourth-order valence-electron chi connectivity index (χ4n) is 10.1. The lowest BCUT2D eigenvalue weighted by molar-refractivity contribution is -0.379. The fourth-order valence-corrected chi connectivity index (χ4v) is 10.1. The zero-order valence-corrected chi connectivity index (χ0v) is 47.8. The molecule has 3 rings (SSSR count). The van der Waals surface area contributed by atoms with Crippen molar-refractivity contribution in [2.75, 3.05) is 26.4 Å². The normalized spacial score (nSPS) is 30.6. The van der Waals surface area contributed by atoms with Gasteiger partial charge in [0, 0.05) is 6.42 Å². The summed E-state index contributed by atoms with van der Waals surface area (Å²) in [6.07, 6.45) is 20.9. The maximum absolute atomic E-state index is 13.3. The first kappa shape index (κ1) is 71.0. The van der Waals surface area contributed by atoms with Crippen LogP contribution < -0.4 is 5.32 Å². The molecule has 1 amide bonds. The Bertz CT molecular complexity index is 1630. The highest BCUT2D eigenvalue weighted by molar-refractivity contribution is 5.76. The summed E-state index contributed by atoms with van der Waals surface area (Å²) in [6, 6.07) is -0.997. The molecule has 0 aromatic carbocycles. The Morgan fingerprint density at radius 3 is 1.37 bits per heavy atom. The average Bonchev–Trinajstić information content (AvgIpc) is 3.47. The Morgan fingerprint density at radius 1 is 0.456 bits per heavy atom. The number of carbonyl (C=O) groups excluding carboxylic acids is 1. The van der Waals surface area contributed by atoms with E-state index in [0.29, 0.717) is 12.8 Å². The zero-order valence-electron chi connectivity index (χ0n) is 47.8. The maximum Gasteiger partial charge on any atom is 0.220 e. The van der Waals surface area contributed by atoms with E-state index in [9.17, 15) is 61.0 Å². The van der Waals surface area contributed by atoms with E-state index in [-0.39, 0.29) is 18.9 Å². The number of carbonyl (C=O) groups is 1. The van der Waals surface area contributed by atoms with Crippen molar-refractivity contribution in [2.24, 2.45) is 0 Å². The van der Waals surface area contributed by atoms with E-state index >= 15 is 0 Å². The molecule has 3 fully saturated rings. The van der Waals surface area contributed by atoms with Crippen LogP contribution in [0.15, 0.2) is 48.6 Å². The lowest BCUT2D eigenvalue weighted by atomic mass is 9.96. The summed E-state index contributed by atoms with van der Waals surface area (Å²) in [5.41, 5.74) is 0. The number of hydrogen-bond donors (Lipinski definition) is 12. The second-order valence-electron chi connectivity index (χ2n) is 21.8. The van der Waals surface area contributed by atoms with Crippen LogP contribution in [-0.4, -0.2) is 193 Å². The summed E-state index contributed by atoms with van der Waals surface area (Å²) in [7, 11) is 0. The molecule has 0 aliphatic carbocycles. The van der Waals surface area contributed by atoms with Gasteiger partial charge in [-0.05, 0) is 64.2 Å². The van der Waals surface area contributed by atoms with Gasteiger partial charge in [0.2, 0.25) is 5.91 Å². The van der Waals surface area contributed by atoms with Crippen molar-refractivity contribution < 1.29 is 89.4 Å². The third-order valence-corrected chi connectivity index (χ3v) is 15.1. The van der Waals surface area contributed by atoms with Crippen LogP contribution in [0.3, 0.4) is 0 Å². The second-order valence-corrected chi connectivity index (χ2v) is 21.8. The monoisotopic (exact) mass is 1130 g/mol. The summed E-state index contributed by atoms with van der Waals surface area (Å²) < 4.78 is 34.2. The molecular formula is C60H107NO18. The quantitative estimate of drug-likeness (QED) is 0.0265. The standard InChI is InChI=1S/C60H107NO18/c1-3-5-7-9-11-13-15-17-19-20-21-22-24-25-27-29-31-33-35-37-44(65)43(61-48(66)38-36-34-32-30-28-26-23-18-16-14-12-10-8-6-4-2)42-74-58-54(72)51(69)56(46(40-63)76-58)79-60-55(73)52(70)57(47(41-64)77-60)78-59-53(71)50(68)49(67)45(39-62)75-59/h12,14,18,23,27,29,35,37,43-47,49-60,62-65,67-73H,3-11,13,15-17,19-22,24-26,28,30-34,36,38-42H2,1-2H3,(H,61,66)/b14-12-,23-18-,29-27+,37-35+. The molecule has 79 heavy (non-hydrogen) atoms. The minimum Gasteiger partial charge on any atom is -0.394 e. The van der Waals surface area contributed by atoms with Gasteiger partial charge in [0.25, 0.3) is 0 Å². The van der Waals surface area contributed by atoms with Crippen molar-refractivity contribution in [3.63, 3.8) is 0 Å². The number of allylic oxidation sites excluding steroid dienone is 7. The Labute approximate surface area is 472 Å². The first-order chi connectivity index (χ1) is 38.3. The van der Waals surface area contributed by atoms with E-state index < -0.39 is 124 Å². The van der Waals surface area contributed by atoms with Crippen molar-refractivity contribution in [1.82, 2.24) is 5.32 Å². The van der Waals surface area contributed by atoms with Crippen molar-refractivity contribution in [3.05, 3.63) is 48.6 Å². The minimum absolute atomic E-state index is 0.218.